The van der Waals surface area contributed by atoms with Gasteiger partial charge in [0.15, 0.2) is 0 Å². The molecule has 1 saturated carbocycles. The largest absolute Gasteiger partial charge is 0.245 e. The molecule has 2 aromatic rings. The number of hydrogen-bond donors (Lipinski definition) is 1. The first kappa shape index (κ1) is 17.9. The Hall–Kier alpha value is -2.49. The van der Waals surface area contributed by atoms with Crippen molar-refractivity contribution in [2.75, 3.05) is 0 Å². The molecule has 5 nitrogen and oxygen atoms in total. The van der Waals surface area contributed by atoms with Gasteiger partial charge >= 0.3 is 0 Å². The first-order valence-corrected chi connectivity index (χ1v) is 10.7. The van der Waals surface area contributed by atoms with Crippen LogP contribution in [0.15, 0.2) is 47.5 Å². The van der Waals surface area contributed by atoms with E-state index in [1.807, 2.05) is 18.2 Å². The molecule has 0 bridgehead atoms. The summed E-state index contributed by atoms with van der Waals surface area (Å²) < 4.78 is 23.1. The minimum Gasteiger partial charge on any atom is -0.245 e. The summed E-state index contributed by atoms with van der Waals surface area (Å²) in [5.74, 6) is 0. The second kappa shape index (κ2) is 6.59. The number of nitrogens with zero attached hydrogens (tertiary/aromatic N) is 2. The Morgan fingerprint density at radius 1 is 0.963 bits per heavy atom. The molecule has 0 radical (unpaired) electrons. The number of allylic oxidation sites excluding steroid dienone is 2. The number of rotatable bonds is 3. The van der Waals surface area contributed by atoms with Crippen LogP contribution in [0, 0.1) is 16.7 Å². The van der Waals surface area contributed by atoms with Crippen LogP contribution in [0.3, 0.4) is 0 Å². The van der Waals surface area contributed by atoms with Crippen molar-refractivity contribution < 1.29 is 8.42 Å². The second-order valence-electron chi connectivity index (χ2n) is 7.63. The molecule has 1 aromatic carbocycles. The third kappa shape index (κ3) is 3.41. The Morgan fingerprint density at radius 2 is 1.56 bits per heavy atom. The van der Waals surface area contributed by atoms with Gasteiger partial charge in [0.2, 0.25) is 10.0 Å². The summed E-state index contributed by atoms with van der Waals surface area (Å²) in [6, 6.07) is 12.6. The number of primary sulfonamides is 1. The van der Waals surface area contributed by atoms with Crippen molar-refractivity contribution in [1.29, 1.82) is 5.26 Å². The molecule has 2 aliphatic rings. The third-order valence-electron chi connectivity index (χ3n) is 5.89. The van der Waals surface area contributed by atoms with E-state index in [1.165, 1.54) is 36.8 Å². The van der Waals surface area contributed by atoms with E-state index in [0.29, 0.717) is 11.1 Å². The van der Waals surface area contributed by atoms with Crippen molar-refractivity contribution >= 4 is 21.2 Å². The van der Waals surface area contributed by atoms with Gasteiger partial charge in [0.25, 0.3) is 0 Å². The number of nitrogens with two attached hydrogens (primary N) is 1. The standard InChI is InChI=1S/C21H21N3O2S/c22-13-17-6-3-16(14-24-17)20-12-21(9-1-2-10-21)11-19(20)15-4-7-18(8-5-15)27(23,25)26/h3-8,14H,1-2,9-12H2,(H2,23,25,26). The molecule has 0 unspecified atom stereocenters. The summed E-state index contributed by atoms with van der Waals surface area (Å²) in [6.45, 7) is 0. The van der Waals surface area contributed by atoms with Crippen molar-refractivity contribution in [2.24, 2.45) is 10.6 Å². The minimum absolute atomic E-state index is 0.127. The van der Waals surface area contributed by atoms with Gasteiger partial charge in [-0.25, -0.2) is 18.5 Å². The molecule has 4 rings (SSSR count). The van der Waals surface area contributed by atoms with Crippen LogP contribution in [-0.4, -0.2) is 13.4 Å². The van der Waals surface area contributed by atoms with Crippen LogP contribution in [0.25, 0.3) is 11.1 Å². The SMILES string of the molecule is N#Cc1ccc(C2=C(c3ccc(S(N)(=O)=O)cc3)CC3(CCCC3)C2)cn1. The Balaban J connectivity index is 1.77. The molecule has 1 spiro atoms. The first-order valence-electron chi connectivity index (χ1n) is 9.12. The van der Waals surface area contributed by atoms with Crippen molar-refractivity contribution in [2.45, 2.75) is 43.4 Å². The van der Waals surface area contributed by atoms with Crippen LogP contribution in [0.5, 0.6) is 0 Å². The molecule has 1 fully saturated rings. The highest BCUT2D eigenvalue weighted by Gasteiger charge is 2.41. The smallest absolute Gasteiger partial charge is 0.238 e. The van der Waals surface area contributed by atoms with Crippen LogP contribution in [0.4, 0.5) is 0 Å². The topological polar surface area (TPSA) is 96.8 Å². The van der Waals surface area contributed by atoms with E-state index in [9.17, 15) is 8.42 Å². The van der Waals surface area contributed by atoms with Crippen LogP contribution in [0.2, 0.25) is 0 Å². The van der Waals surface area contributed by atoms with Crippen molar-refractivity contribution in [1.82, 2.24) is 4.98 Å². The fourth-order valence-electron chi connectivity index (χ4n) is 4.54. The lowest BCUT2D eigenvalue weighted by Gasteiger charge is -2.23. The molecule has 2 N–H and O–H groups in total. The fourth-order valence-corrected chi connectivity index (χ4v) is 5.06. The van der Waals surface area contributed by atoms with Gasteiger partial charge in [-0.15, -0.1) is 0 Å². The summed E-state index contributed by atoms with van der Waals surface area (Å²) in [4.78, 5) is 4.37. The molecule has 0 saturated heterocycles. The Kier molecular flexibility index (Phi) is 4.37. The average molecular weight is 379 g/mol. The molecule has 1 aromatic heterocycles. The predicted molar refractivity (Wildman–Crippen MR) is 104 cm³/mol. The van der Waals surface area contributed by atoms with Gasteiger partial charge in [-0.2, -0.15) is 5.26 Å². The van der Waals surface area contributed by atoms with Gasteiger partial charge in [-0.3, -0.25) is 0 Å². The Labute approximate surface area is 159 Å². The Bertz CT molecular complexity index is 1040. The first-order chi connectivity index (χ1) is 12.9. The highest BCUT2D eigenvalue weighted by atomic mass is 32.2. The zero-order chi connectivity index (χ0) is 19.1. The van der Waals surface area contributed by atoms with E-state index in [4.69, 9.17) is 10.4 Å². The fraction of sp³-hybridized carbons (Fsp3) is 0.333. The normalized spacial score (nSPS) is 18.8. The predicted octanol–water partition coefficient (Wildman–Crippen LogP) is 3.87. The van der Waals surface area contributed by atoms with Crippen molar-refractivity contribution in [3.8, 4) is 6.07 Å². The highest BCUT2D eigenvalue weighted by Crippen LogP contribution is 2.57. The van der Waals surface area contributed by atoms with Gasteiger partial charge < -0.3 is 0 Å². The lowest BCUT2D eigenvalue weighted by atomic mass is 9.81. The number of sulfonamides is 1. The van der Waals surface area contributed by atoms with Crippen molar-refractivity contribution in [3.63, 3.8) is 0 Å². The van der Waals surface area contributed by atoms with Crippen LogP contribution in [-0.2, 0) is 10.0 Å². The van der Waals surface area contributed by atoms with Crippen LogP contribution in [0.1, 0.15) is 55.3 Å². The van der Waals surface area contributed by atoms with E-state index in [-0.39, 0.29) is 4.90 Å². The molecule has 6 heteroatoms. The van der Waals surface area contributed by atoms with E-state index in [0.717, 1.165) is 24.0 Å². The average Bonchev–Trinajstić information content (AvgIpc) is 3.28. The molecule has 0 aliphatic heterocycles. The third-order valence-corrected chi connectivity index (χ3v) is 6.82. The van der Waals surface area contributed by atoms with Crippen LogP contribution < -0.4 is 5.14 Å². The molecule has 2 aliphatic carbocycles. The zero-order valence-electron chi connectivity index (χ0n) is 15.0. The quantitative estimate of drug-likeness (QED) is 0.875. The number of nitriles is 1. The summed E-state index contributed by atoms with van der Waals surface area (Å²) in [6.07, 6.45) is 8.75. The molecule has 0 atom stereocenters. The maximum Gasteiger partial charge on any atom is 0.238 e. The maximum atomic E-state index is 11.5. The summed E-state index contributed by atoms with van der Waals surface area (Å²) in [5, 5.41) is 14.2. The molecule has 1 heterocycles. The number of benzene rings is 1. The van der Waals surface area contributed by atoms with E-state index >= 15 is 0 Å². The monoisotopic (exact) mass is 379 g/mol. The number of pyridine rings is 1. The maximum absolute atomic E-state index is 11.5. The minimum atomic E-state index is -3.70. The molecule has 0 amide bonds. The van der Waals surface area contributed by atoms with Gasteiger partial charge in [0.05, 0.1) is 4.90 Å². The van der Waals surface area contributed by atoms with Gasteiger partial charge in [-0.05, 0) is 71.6 Å². The van der Waals surface area contributed by atoms with Gasteiger partial charge in [0.1, 0.15) is 11.8 Å². The molecule has 138 valence electrons. The molecule has 27 heavy (non-hydrogen) atoms. The number of aromatic nitrogens is 1. The number of hydrogen-bond acceptors (Lipinski definition) is 4. The lowest BCUT2D eigenvalue weighted by Crippen LogP contribution is -2.12. The van der Waals surface area contributed by atoms with E-state index in [1.54, 1.807) is 24.4 Å². The van der Waals surface area contributed by atoms with Gasteiger partial charge in [0, 0.05) is 6.20 Å². The van der Waals surface area contributed by atoms with Crippen molar-refractivity contribution in [3.05, 3.63) is 59.4 Å². The summed E-state index contributed by atoms with van der Waals surface area (Å²) in [5.41, 5.74) is 5.31. The van der Waals surface area contributed by atoms with Gasteiger partial charge in [-0.1, -0.05) is 31.0 Å². The highest BCUT2D eigenvalue weighted by molar-refractivity contribution is 7.89. The molecular weight excluding hydrogens is 358 g/mol. The second-order valence-corrected chi connectivity index (χ2v) is 9.19. The van der Waals surface area contributed by atoms with Crippen LogP contribution >= 0.6 is 0 Å². The zero-order valence-corrected chi connectivity index (χ0v) is 15.8. The summed E-state index contributed by atoms with van der Waals surface area (Å²) in [7, 11) is -3.70. The lowest BCUT2D eigenvalue weighted by molar-refractivity contribution is 0.330. The summed E-state index contributed by atoms with van der Waals surface area (Å²) >= 11 is 0. The Morgan fingerprint density at radius 3 is 2.07 bits per heavy atom. The molecular formula is C21H21N3O2S. The van der Waals surface area contributed by atoms with E-state index in [2.05, 4.69) is 11.1 Å². The van der Waals surface area contributed by atoms with E-state index < -0.39 is 10.0 Å².